The Labute approximate surface area is 139 Å². The van der Waals surface area contributed by atoms with Crippen molar-refractivity contribution in [2.45, 2.75) is 13.5 Å². The molecule has 0 atom stereocenters. The van der Waals surface area contributed by atoms with Gasteiger partial charge in [-0.2, -0.15) is 0 Å². The summed E-state index contributed by atoms with van der Waals surface area (Å²) in [5.41, 5.74) is 7.42. The minimum atomic E-state index is -0.0675. The molecular formula is C18H17ClN2O2. The molecule has 1 aromatic heterocycles. The van der Waals surface area contributed by atoms with Gasteiger partial charge in [0.15, 0.2) is 0 Å². The molecule has 0 saturated heterocycles. The molecule has 0 amide bonds. The number of aromatic nitrogens is 1. The van der Waals surface area contributed by atoms with Gasteiger partial charge in [-0.25, -0.2) is 0 Å². The number of ether oxygens (including phenoxy) is 1. The van der Waals surface area contributed by atoms with E-state index in [-0.39, 0.29) is 5.56 Å². The lowest BCUT2D eigenvalue weighted by molar-refractivity contribution is 0.296. The van der Waals surface area contributed by atoms with E-state index in [1.165, 1.54) is 0 Å². The fourth-order valence-corrected chi connectivity index (χ4v) is 2.60. The number of nitrogens with zero attached hydrogens (tertiary/aromatic N) is 1. The van der Waals surface area contributed by atoms with Crippen LogP contribution in [0.2, 0.25) is 5.02 Å². The van der Waals surface area contributed by atoms with Crippen molar-refractivity contribution in [3.63, 3.8) is 0 Å². The summed E-state index contributed by atoms with van der Waals surface area (Å²) in [5.74, 6) is 0.744. The van der Waals surface area contributed by atoms with E-state index in [0.29, 0.717) is 23.6 Å². The van der Waals surface area contributed by atoms with Crippen LogP contribution in [0, 0.1) is 6.92 Å². The van der Waals surface area contributed by atoms with Crippen molar-refractivity contribution in [3.8, 4) is 5.75 Å². The zero-order valence-electron chi connectivity index (χ0n) is 12.8. The Morgan fingerprint density at radius 2 is 2.00 bits per heavy atom. The van der Waals surface area contributed by atoms with Crippen LogP contribution in [0.1, 0.15) is 5.56 Å². The number of fused-ring (bicyclic) bond motifs is 1. The van der Waals surface area contributed by atoms with E-state index in [1.807, 2.05) is 37.3 Å². The fourth-order valence-electron chi connectivity index (χ4n) is 2.43. The molecule has 4 nitrogen and oxygen atoms in total. The maximum atomic E-state index is 12.5. The average Bonchev–Trinajstić information content (AvgIpc) is 2.53. The second-order valence-corrected chi connectivity index (χ2v) is 5.85. The second kappa shape index (κ2) is 6.34. The lowest BCUT2D eigenvalue weighted by Crippen LogP contribution is -2.22. The number of halogens is 1. The number of benzene rings is 2. The molecule has 118 valence electrons. The van der Waals surface area contributed by atoms with Gasteiger partial charge in [-0.1, -0.05) is 17.7 Å². The maximum Gasteiger partial charge on any atom is 0.258 e. The van der Waals surface area contributed by atoms with Crippen molar-refractivity contribution in [3.05, 3.63) is 69.6 Å². The highest BCUT2D eigenvalue weighted by Crippen LogP contribution is 2.19. The Morgan fingerprint density at radius 1 is 1.17 bits per heavy atom. The third-order valence-corrected chi connectivity index (χ3v) is 4.02. The molecule has 0 aliphatic carbocycles. The quantitative estimate of drug-likeness (QED) is 0.744. The molecule has 3 aromatic rings. The summed E-state index contributed by atoms with van der Waals surface area (Å²) in [6, 6.07) is 12.7. The van der Waals surface area contributed by atoms with Gasteiger partial charge in [0.05, 0.1) is 6.54 Å². The molecule has 0 aliphatic heterocycles. The van der Waals surface area contributed by atoms with Crippen LogP contribution in [0.25, 0.3) is 10.8 Å². The molecule has 0 fully saturated rings. The standard InChI is InChI=1S/C18H17ClN2O2/c1-12-10-15(4-5-17(12)20)23-9-8-21-7-6-13-2-3-14(19)11-16(13)18(21)22/h2-7,10-11H,8-9,20H2,1H3. The van der Waals surface area contributed by atoms with E-state index in [2.05, 4.69) is 0 Å². The first-order valence-electron chi connectivity index (χ1n) is 7.32. The first-order valence-corrected chi connectivity index (χ1v) is 7.70. The highest BCUT2D eigenvalue weighted by molar-refractivity contribution is 6.31. The Balaban J connectivity index is 1.75. The SMILES string of the molecule is Cc1cc(OCCn2ccc3ccc(Cl)cc3c2=O)ccc1N. The summed E-state index contributed by atoms with van der Waals surface area (Å²) < 4.78 is 7.32. The molecule has 2 aromatic carbocycles. The number of aryl methyl sites for hydroxylation is 1. The molecule has 2 N–H and O–H groups in total. The summed E-state index contributed by atoms with van der Waals surface area (Å²) in [5, 5.41) is 2.05. The van der Waals surface area contributed by atoms with Crippen LogP contribution >= 0.6 is 11.6 Å². The number of nitrogens with two attached hydrogens (primary N) is 1. The van der Waals surface area contributed by atoms with Gasteiger partial charge in [-0.05, 0) is 54.3 Å². The molecule has 0 spiro atoms. The van der Waals surface area contributed by atoms with Gasteiger partial charge in [0.1, 0.15) is 12.4 Å². The Bertz CT molecular complexity index is 919. The average molecular weight is 329 g/mol. The Kier molecular flexibility index (Phi) is 4.26. The molecule has 23 heavy (non-hydrogen) atoms. The topological polar surface area (TPSA) is 57.2 Å². The molecule has 3 rings (SSSR count). The summed E-state index contributed by atoms with van der Waals surface area (Å²) in [7, 11) is 0. The third kappa shape index (κ3) is 3.32. The lowest BCUT2D eigenvalue weighted by Gasteiger charge is -2.10. The number of rotatable bonds is 4. The number of anilines is 1. The highest BCUT2D eigenvalue weighted by Gasteiger charge is 2.04. The summed E-state index contributed by atoms with van der Waals surface area (Å²) in [4.78, 5) is 12.5. The first kappa shape index (κ1) is 15.4. The van der Waals surface area contributed by atoms with E-state index in [1.54, 1.807) is 22.9 Å². The maximum absolute atomic E-state index is 12.5. The number of hydrogen-bond donors (Lipinski definition) is 1. The van der Waals surface area contributed by atoms with Crippen molar-refractivity contribution in [1.29, 1.82) is 0 Å². The smallest absolute Gasteiger partial charge is 0.258 e. The van der Waals surface area contributed by atoms with Crippen LogP contribution in [0.15, 0.2) is 53.5 Å². The second-order valence-electron chi connectivity index (χ2n) is 5.41. The van der Waals surface area contributed by atoms with E-state index in [9.17, 15) is 4.79 Å². The zero-order valence-corrected chi connectivity index (χ0v) is 13.5. The zero-order chi connectivity index (χ0) is 16.4. The van der Waals surface area contributed by atoms with Crippen molar-refractivity contribution >= 4 is 28.1 Å². The number of nitrogen functional groups attached to an aromatic ring is 1. The van der Waals surface area contributed by atoms with Crippen LogP contribution in [-0.2, 0) is 6.54 Å². The summed E-state index contributed by atoms with van der Waals surface area (Å²) in [6.45, 7) is 2.79. The first-order chi connectivity index (χ1) is 11.0. The van der Waals surface area contributed by atoms with E-state index >= 15 is 0 Å². The monoisotopic (exact) mass is 328 g/mol. The predicted molar refractivity (Wildman–Crippen MR) is 94.3 cm³/mol. The number of hydrogen-bond acceptors (Lipinski definition) is 3. The molecule has 0 saturated carbocycles. The van der Waals surface area contributed by atoms with Crippen molar-refractivity contribution < 1.29 is 4.74 Å². The van der Waals surface area contributed by atoms with Crippen LogP contribution < -0.4 is 16.0 Å². The summed E-state index contributed by atoms with van der Waals surface area (Å²) in [6.07, 6.45) is 1.77. The number of pyridine rings is 1. The minimum Gasteiger partial charge on any atom is -0.492 e. The molecule has 0 unspecified atom stereocenters. The van der Waals surface area contributed by atoms with Gasteiger partial charge < -0.3 is 15.0 Å². The van der Waals surface area contributed by atoms with Gasteiger partial charge in [-0.15, -0.1) is 0 Å². The van der Waals surface area contributed by atoms with Gasteiger partial charge in [0.2, 0.25) is 0 Å². The largest absolute Gasteiger partial charge is 0.492 e. The van der Waals surface area contributed by atoms with Crippen LogP contribution in [0.5, 0.6) is 5.75 Å². The molecule has 0 radical (unpaired) electrons. The van der Waals surface area contributed by atoms with Crippen LogP contribution in [0.3, 0.4) is 0 Å². The van der Waals surface area contributed by atoms with E-state index < -0.39 is 0 Å². The molecule has 5 heteroatoms. The van der Waals surface area contributed by atoms with Gasteiger partial charge >= 0.3 is 0 Å². The normalized spacial score (nSPS) is 10.9. The fraction of sp³-hybridized carbons (Fsp3) is 0.167. The van der Waals surface area contributed by atoms with Gasteiger partial charge in [0.25, 0.3) is 5.56 Å². The van der Waals surface area contributed by atoms with E-state index in [4.69, 9.17) is 22.1 Å². The summed E-state index contributed by atoms with van der Waals surface area (Å²) >= 11 is 5.97. The van der Waals surface area contributed by atoms with Crippen LogP contribution in [0.4, 0.5) is 5.69 Å². The highest BCUT2D eigenvalue weighted by atomic mass is 35.5. The van der Waals surface area contributed by atoms with Gasteiger partial charge in [-0.3, -0.25) is 4.79 Å². The lowest BCUT2D eigenvalue weighted by atomic mass is 10.2. The minimum absolute atomic E-state index is 0.0675. The molecule has 0 aliphatic rings. The Morgan fingerprint density at radius 3 is 2.78 bits per heavy atom. The van der Waals surface area contributed by atoms with Gasteiger partial charge in [0, 0.05) is 22.3 Å². The van der Waals surface area contributed by atoms with Crippen molar-refractivity contribution in [2.75, 3.05) is 12.3 Å². The van der Waals surface area contributed by atoms with Crippen molar-refractivity contribution in [2.24, 2.45) is 0 Å². The Hall–Kier alpha value is -2.46. The van der Waals surface area contributed by atoms with Crippen molar-refractivity contribution in [1.82, 2.24) is 4.57 Å². The molecule has 1 heterocycles. The predicted octanol–water partition coefficient (Wildman–Crippen LogP) is 3.62. The van der Waals surface area contributed by atoms with E-state index in [0.717, 1.165) is 22.4 Å². The third-order valence-electron chi connectivity index (χ3n) is 3.78. The van der Waals surface area contributed by atoms with Crippen LogP contribution in [-0.4, -0.2) is 11.2 Å². The molecule has 0 bridgehead atoms. The molecular weight excluding hydrogens is 312 g/mol.